The second-order valence-electron chi connectivity index (χ2n) is 5.86. The highest BCUT2D eigenvalue weighted by Crippen LogP contribution is 2.34. The minimum atomic E-state index is -4.37. The van der Waals surface area contributed by atoms with Crippen LogP contribution in [0.25, 0.3) is 10.2 Å². The number of hydrogen-bond acceptors (Lipinski definition) is 3. The average molecular weight is 461 g/mol. The first kappa shape index (κ1) is 19.9. The molecule has 2 aromatic heterocycles. The maximum atomic E-state index is 12.8. The molecule has 0 saturated heterocycles. The van der Waals surface area contributed by atoms with Gasteiger partial charge in [-0.3, -0.25) is 4.79 Å². The van der Waals surface area contributed by atoms with Gasteiger partial charge in [0.05, 0.1) is 26.9 Å². The molecule has 3 rings (SSSR count). The van der Waals surface area contributed by atoms with Crippen LogP contribution in [0, 0.1) is 0 Å². The molecule has 9 heteroatoms. The lowest BCUT2D eigenvalue weighted by atomic mass is 10.1. The molecule has 4 nitrogen and oxygen atoms in total. The molecule has 1 aromatic carbocycles. The molecule has 0 unspecified atom stereocenters. The van der Waals surface area contributed by atoms with Gasteiger partial charge in [0.15, 0.2) is 0 Å². The predicted molar refractivity (Wildman–Crippen MR) is 102 cm³/mol. The first-order chi connectivity index (χ1) is 12.8. The van der Waals surface area contributed by atoms with Crippen molar-refractivity contribution >= 4 is 43.4 Å². The van der Waals surface area contributed by atoms with Crippen molar-refractivity contribution in [3.8, 4) is 0 Å². The maximum absolute atomic E-state index is 12.8. The molecule has 2 heterocycles. The fraction of sp³-hybridized carbons (Fsp3) is 0.278. The zero-order chi connectivity index (χ0) is 19.6. The van der Waals surface area contributed by atoms with Crippen LogP contribution >= 0.6 is 27.3 Å². The third kappa shape index (κ3) is 4.36. The Bertz CT molecular complexity index is 948. The van der Waals surface area contributed by atoms with Gasteiger partial charge in [0.2, 0.25) is 0 Å². The average Bonchev–Trinajstić information content (AvgIpc) is 3.15. The SMILES string of the molecule is COCCNC(=O)c1cc2scc(Br)c2n1Cc1ccc(C(F)(F)F)cc1. The Kier molecular flexibility index (Phi) is 5.92. The number of nitrogens with zero attached hydrogens (tertiary/aromatic N) is 1. The van der Waals surface area contributed by atoms with Crippen molar-refractivity contribution < 1.29 is 22.7 Å². The Labute approximate surface area is 166 Å². The summed E-state index contributed by atoms with van der Waals surface area (Å²) in [5.41, 5.74) is 1.27. The van der Waals surface area contributed by atoms with Gasteiger partial charge in [-0.1, -0.05) is 12.1 Å². The zero-order valence-corrected chi connectivity index (χ0v) is 16.7. The van der Waals surface area contributed by atoms with E-state index in [1.807, 2.05) is 5.38 Å². The molecule has 0 aliphatic carbocycles. The van der Waals surface area contributed by atoms with Crippen LogP contribution in [-0.4, -0.2) is 30.7 Å². The molecule has 144 valence electrons. The highest BCUT2D eigenvalue weighted by molar-refractivity contribution is 9.10. The van der Waals surface area contributed by atoms with E-state index in [0.29, 0.717) is 24.4 Å². The molecular weight excluding hydrogens is 445 g/mol. The van der Waals surface area contributed by atoms with Gasteiger partial charge in [-0.2, -0.15) is 13.2 Å². The second-order valence-corrected chi connectivity index (χ2v) is 7.62. The standard InChI is InChI=1S/C18H16BrF3N2O2S/c1-26-7-6-23-17(25)14-8-15-16(13(19)10-27-15)24(14)9-11-2-4-12(5-3-11)18(20,21)22/h2-5,8,10H,6-7,9H2,1H3,(H,23,25). The molecule has 1 N–H and O–H groups in total. The highest BCUT2D eigenvalue weighted by Gasteiger charge is 2.30. The molecule has 3 aromatic rings. The number of thiophene rings is 1. The van der Waals surface area contributed by atoms with Crippen LogP contribution in [-0.2, 0) is 17.5 Å². The fourth-order valence-electron chi connectivity index (χ4n) is 2.72. The summed E-state index contributed by atoms with van der Waals surface area (Å²) in [5.74, 6) is -0.255. The Balaban J connectivity index is 1.93. The first-order valence-electron chi connectivity index (χ1n) is 8.00. The predicted octanol–water partition coefficient (Wildman–Crippen LogP) is 4.91. The second kappa shape index (κ2) is 8.04. The number of amides is 1. The van der Waals surface area contributed by atoms with Crippen LogP contribution in [0.15, 0.2) is 40.2 Å². The van der Waals surface area contributed by atoms with E-state index in [4.69, 9.17) is 4.74 Å². The minimum absolute atomic E-state index is 0.255. The molecule has 27 heavy (non-hydrogen) atoms. The molecule has 0 fully saturated rings. The van der Waals surface area contributed by atoms with Gasteiger partial charge >= 0.3 is 6.18 Å². The minimum Gasteiger partial charge on any atom is -0.383 e. The number of rotatable bonds is 6. The van der Waals surface area contributed by atoms with E-state index in [1.54, 1.807) is 17.7 Å². The summed E-state index contributed by atoms with van der Waals surface area (Å²) in [4.78, 5) is 12.5. The smallest absolute Gasteiger partial charge is 0.383 e. The third-order valence-electron chi connectivity index (χ3n) is 4.02. The number of halogens is 4. The lowest BCUT2D eigenvalue weighted by molar-refractivity contribution is -0.137. The van der Waals surface area contributed by atoms with Gasteiger partial charge in [0.1, 0.15) is 5.69 Å². The first-order valence-corrected chi connectivity index (χ1v) is 9.68. The van der Waals surface area contributed by atoms with E-state index in [0.717, 1.165) is 26.8 Å². The Morgan fingerprint density at radius 1 is 1.30 bits per heavy atom. The number of benzene rings is 1. The number of aromatic nitrogens is 1. The van der Waals surface area contributed by atoms with Crippen LogP contribution < -0.4 is 5.32 Å². The van der Waals surface area contributed by atoms with Gasteiger partial charge in [0.25, 0.3) is 5.91 Å². The van der Waals surface area contributed by atoms with Gasteiger partial charge in [-0.05, 0) is 39.7 Å². The summed E-state index contributed by atoms with van der Waals surface area (Å²) in [6, 6.07) is 6.76. The van der Waals surface area contributed by atoms with Crippen molar-refractivity contribution in [2.45, 2.75) is 12.7 Å². The van der Waals surface area contributed by atoms with Crippen LogP contribution in [0.1, 0.15) is 21.6 Å². The Morgan fingerprint density at radius 2 is 2.00 bits per heavy atom. The number of alkyl halides is 3. The van der Waals surface area contributed by atoms with Crippen molar-refractivity contribution in [1.29, 1.82) is 0 Å². The van der Waals surface area contributed by atoms with Gasteiger partial charge < -0.3 is 14.6 Å². The molecular formula is C18H16BrF3N2O2S. The zero-order valence-electron chi connectivity index (χ0n) is 14.3. The normalized spacial score (nSPS) is 11.9. The van der Waals surface area contributed by atoms with Crippen LogP contribution in [0.5, 0.6) is 0 Å². The van der Waals surface area contributed by atoms with Crippen molar-refractivity contribution in [2.75, 3.05) is 20.3 Å². The number of nitrogens with one attached hydrogen (secondary N) is 1. The number of methoxy groups -OCH3 is 1. The number of hydrogen-bond donors (Lipinski definition) is 1. The highest BCUT2D eigenvalue weighted by atomic mass is 79.9. The summed E-state index contributed by atoms with van der Waals surface area (Å²) in [5, 5.41) is 4.70. The Hall–Kier alpha value is -1.84. The van der Waals surface area contributed by atoms with Gasteiger partial charge in [-0.15, -0.1) is 11.3 Å². The monoisotopic (exact) mass is 460 g/mol. The number of ether oxygens (including phenoxy) is 1. The molecule has 0 atom stereocenters. The molecule has 0 aliphatic rings. The van der Waals surface area contributed by atoms with Crippen molar-refractivity contribution in [3.63, 3.8) is 0 Å². The van der Waals surface area contributed by atoms with E-state index >= 15 is 0 Å². The van der Waals surface area contributed by atoms with E-state index < -0.39 is 11.7 Å². The largest absolute Gasteiger partial charge is 0.416 e. The fourth-order valence-corrected chi connectivity index (χ4v) is 4.42. The lowest BCUT2D eigenvalue weighted by Gasteiger charge is -2.12. The van der Waals surface area contributed by atoms with E-state index in [2.05, 4.69) is 21.2 Å². The summed E-state index contributed by atoms with van der Waals surface area (Å²) in [6.07, 6.45) is -4.37. The maximum Gasteiger partial charge on any atom is 0.416 e. The lowest BCUT2D eigenvalue weighted by Crippen LogP contribution is -2.29. The molecule has 0 bridgehead atoms. The quantitative estimate of drug-likeness (QED) is 0.531. The summed E-state index contributed by atoms with van der Waals surface area (Å²) in [6.45, 7) is 1.04. The van der Waals surface area contributed by atoms with E-state index in [9.17, 15) is 18.0 Å². The molecule has 0 saturated carbocycles. The Morgan fingerprint density at radius 3 is 2.63 bits per heavy atom. The number of carbonyl (C=O) groups excluding carboxylic acids is 1. The van der Waals surface area contributed by atoms with E-state index in [1.165, 1.54) is 23.5 Å². The topological polar surface area (TPSA) is 43.3 Å². The number of carbonyl (C=O) groups is 1. The number of fused-ring (bicyclic) bond motifs is 1. The molecule has 0 spiro atoms. The van der Waals surface area contributed by atoms with Crippen molar-refractivity contribution in [1.82, 2.24) is 9.88 Å². The van der Waals surface area contributed by atoms with Crippen molar-refractivity contribution in [2.24, 2.45) is 0 Å². The third-order valence-corrected chi connectivity index (χ3v) is 5.85. The van der Waals surface area contributed by atoms with Crippen LogP contribution in [0.2, 0.25) is 0 Å². The van der Waals surface area contributed by atoms with Crippen LogP contribution in [0.4, 0.5) is 13.2 Å². The molecule has 1 amide bonds. The van der Waals surface area contributed by atoms with E-state index in [-0.39, 0.29) is 12.5 Å². The summed E-state index contributed by atoms with van der Waals surface area (Å²) in [7, 11) is 1.55. The summed E-state index contributed by atoms with van der Waals surface area (Å²) >= 11 is 4.97. The summed E-state index contributed by atoms with van der Waals surface area (Å²) < 4.78 is 46.8. The molecule has 0 aliphatic heterocycles. The van der Waals surface area contributed by atoms with Crippen molar-refractivity contribution in [3.05, 3.63) is 57.0 Å². The van der Waals surface area contributed by atoms with Crippen LogP contribution in [0.3, 0.4) is 0 Å². The van der Waals surface area contributed by atoms with Gasteiger partial charge in [0, 0.05) is 25.6 Å². The molecule has 0 radical (unpaired) electrons. The van der Waals surface area contributed by atoms with Gasteiger partial charge in [-0.25, -0.2) is 0 Å².